The van der Waals surface area contributed by atoms with Crippen molar-refractivity contribution in [1.82, 2.24) is 0 Å². The molecule has 21 heavy (non-hydrogen) atoms. The summed E-state index contributed by atoms with van der Waals surface area (Å²) in [5.74, 6) is 0.0723. The van der Waals surface area contributed by atoms with Gasteiger partial charge in [0.2, 0.25) is 10.0 Å². The number of aliphatic imine (C=N–C) groups is 1. The molecule has 2 aromatic rings. The van der Waals surface area contributed by atoms with E-state index in [1.54, 1.807) is 12.1 Å². The van der Waals surface area contributed by atoms with Crippen LogP contribution in [0.1, 0.15) is 5.56 Å². The molecule has 0 radical (unpaired) electrons. The van der Waals surface area contributed by atoms with E-state index < -0.39 is 10.0 Å². The zero-order valence-electron chi connectivity index (χ0n) is 10.5. The molecule has 0 aliphatic rings. The first-order valence-corrected chi connectivity index (χ1v) is 8.75. The third-order valence-electron chi connectivity index (χ3n) is 2.58. The monoisotopic (exact) mass is 432 g/mol. The number of phenols is 1. The van der Waals surface area contributed by atoms with E-state index in [1.165, 1.54) is 30.5 Å². The molecule has 0 aliphatic heterocycles. The first-order chi connectivity index (χ1) is 9.77. The second kappa shape index (κ2) is 6.27. The molecular formula is C13H10Br2N2O3S. The average molecular weight is 434 g/mol. The minimum absolute atomic E-state index is 0.0227. The van der Waals surface area contributed by atoms with Crippen molar-refractivity contribution >= 4 is 53.8 Å². The fourth-order valence-electron chi connectivity index (χ4n) is 1.55. The van der Waals surface area contributed by atoms with Gasteiger partial charge in [0.25, 0.3) is 0 Å². The maximum Gasteiger partial charge on any atom is 0.238 e. The lowest BCUT2D eigenvalue weighted by Gasteiger charge is -2.03. The Morgan fingerprint density at radius 2 is 1.76 bits per heavy atom. The average Bonchev–Trinajstić information content (AvgIpc) is 2.40. The summed E-state index contributed by atoms with van der Waals surface area (Å²) in [4.78, 5) is 4.20. The van der Waals surface area contributed by atoms with E-state index in [2.05, 4.69) is 36.9 Å². The maximum absolute atomic E-state index is 11.1. The van der Waals surface area contributed by atoms with Crippen molar-refractivity contribution in [3.8, 4) is 5.75 Å². The summed E-state index contributed by atoms with van der Waals surface area (Å²) in [6.45, 7) is 0. The summed E-state index contributed by atoms with van der Waals surface area (Å²) in [7, 11) is -3.71. The number of hydrogen-bond acceptors (Lipinski definition) is 4. The number of sulfonamides is 1. The first kappa shape index (κ1) is 16.2. The minimum Gasteiger partial charge on any atom is -0.506 e. The van der Waals surface area contributed by atoms with E-state index >= 15 is 0 Å². The molecule has 3 N–H and O–H groups in total. The largest absolute Gasteiger partial charge is 0.506 e. The lowest BCUT2D eigenvalue weighted by Crippen LogP contribution is -2.11. The van der Waals surface area contributed by atoms with Gasteiger partial charge in [-0.1, -0.05) is 15.9 Å². The SMILES string of the molecule is NS(=O)(=O)c1ccc(N=Cc2cc(Br)cc(Br)c2O)cc1. The molecule has 0 spiro atoms. The van der Waals surface area contributed by atoms with Crippen LogP contribution in [-0.4, -0.2) is 19.7 Å². The quantitative estimate of drug-likeness (QED) is 0.727. The Kier molecular flexibility index (Phi) is 4.82. The van der Waals surface area contributed by atoms with Gasteiger partial charge in [0.15, 0.2) is 0 Å². The zero-order chi connectivity index (χ0) is 15.6. The highest BCUT2D eigenvalue weighted by Gasteiger charge is 2.07. The second-order valence-corrected chi connectivity index (χ2v) is 7.45. The van der Waals surface area contributed by atoms with Crippen LogP contribution in [0.2, 0.25) is 0 Å². The molecule has 0 saturated carbocycles. The number of benzene rings is 2. The smallest absolute Gasteiger partial charge is 0.238 e. The van der Waals surface area contributed by atoms with Gasteiger partial charge >= 0.3 is 0 Å². The molecule has 8 heteroatoms. The number of rotatable bonds is 3. The second-order valence-electron chi connectivity index (χ2n) is 4.12. The van der Waals surface area contributed by atoms with E-state index in [9.17, 15) is 13.5 Å². The Hall–Kier alpha value is -1.22. The number of phenolic OH excluding ortho intramolecular Hbond substituents is 1. The number of primary sulfonamides is 1. The van der Waals surface area contributed by atoms with Crippen LogP contribution in [0, 0.1) is 0 Å². The fourth-order valence-corrected chi connectivity index (χ4v) is 3.32. The lowest BCUT2D eigenvalue weighted by molar-refractivity contribution is 0.471. The normalized spacial score (nSPS) is 12.0. The molecule has 0 fully saturated rings. The van der Waals surface area contributed by atoms with E-state index in [0.717, 1.165) is 4.47 Å². The van der Waals surface area contributed by atoms with Gasteiger partial charge in [-0.15, -0.1) is 0 Å². The summed E-state index contributed by atoms with van der Waals surface area (Å²) >= 11 is 6.55. The Morgan fingerprint density at radius 3 is 2.33 bits per heavy atom. The van der Waals surface area contributed by atoms with Crippen molar-refractivity contribution < 1.29 is 13.5 Å². The van der Waals surface area contributed by atoms with Gasteiger partial charge in [-0.3, -0.25) is 4.99 Å². The van der Waals surface area contributed by atoms with E-state index in [1.807, 2.05) is 0 Å². The molecule has 0 heterocycles. The molecule has 0 saturated heterocycles. The lowest BCUT2D eigenvalue weighted by atomic mass is 10.2. The standard InChI is InChI=1S/C13H10Br2N2O3S/c14-9-5-8(13(18)12(15)6-9)7-17-10-1-3-11(4-2-10)21(16,19)20/h1-7,18H,(H2,16,19,20). The van der Waals surface area contributed by atoms with Crippen LogP contribution in [0.15, 0.2) is 55.2 Å². The van der Waals surface area contributed by atoms with E-state index in [-0.39, 0.29) is 10.6 Å². The van der Waals surface area contributed by atoms with Crippen molar-refractivity contribution in [2.75, 3.05) is 0 Å². The Labute approximate surface area is 138 Å². The van der Waals surface area contributed by atoms with Crippen LogP contribution in [0.4, 0.5) is 5.69 Å². The van der Waals surface area contributed by atoms with E-state index in [0.29, 0.717) is 15.7 Å². The number of hydrogen-bond donors (Lipinski definition) is 2. The fraction of sp³-hybridized carbons (Fsp3) is 0. The Bertz CT molecular complexity index is 803. The summed E-state index contributed by atoms with van der Waals surface area (Å²) in [5, 5.41) is 14.9. The Morgan fingerprint density at radius 1 is 1.14 bits per heavy atom. The van der Waals surface area contributed by atoms with Gasteiger partial charge in [0, 0.05) is 16.3 Å². The van der Waals surface area contributed by atoms with Crippen LogP contribution in [0.3, 0.4) is 0 Å². The molecule has 0 amide bonds. The summed E-state index contributed by atoms with van der Waals surface area (Å²) in [6.07, 6.45) is 1.48. The van der Waals surface area contributed by atoms with Crippen LogP contribution >= 0.6 is 31.9 Å². The topological polar surface area (TPSA) is 92.8 Å². The number of nitrogens with two attached hydrogens (primary N) is 1. The molecule has 0 aliphatic carbocycles. The maximum atomic E-state index is 11.1. The van der Waals surface area contributed by atoms with Crippen molar-refractivity contribution in [3.05, 3.63) is 50.9 Å². The third-order valence-corrected chi connectivity index (χ3v) is 4.57. The number of halogens is 2. The highest BCUT2D eigenvalue weighted by Crippen LogP contribution is 2.31. The molecule has 0 bridgehead atoms. The number of aromatic hydroxyl groups is 1. The van der Waals surface area contributed by atoms with Gasteiger partial charge in [0.1, 0.15) is 5.75 Å². The third kappa shape index (κ3) is 4.13. The van der Waals surface area contributed by atoms with Crippen LogP contribution < -0.4 is 5.14 Å². The molecule has 2 aromatic carbocycles. The molecule has 110 valence electrons. The van der Waals surface area contributed by atoms with Crippen LogP contribution in [0.5, 0.6) is 5.75 Å². The summed E-state index contributed by atoms with van der Waals surface area (Å²) < 4.78 is 23.6. The molecule has 0 atom stereocenters. The summed E-state index contributed by atoms with van der Waals surface area (Å²) in [5.41, 5.74) is 1.06. The van der Waals surface area contributed by atoms with Gasteiger partial charge in [-0.2, -0.15) is 0 Å². The van der Waals surface area contributed by atoms with Gasteiger partial charge < -0.3 is 5.11 Å². The van der Waals surface area contributed by atoms with Gasteiger partial charge in [0.05, 0.1) is 15.1 Å². The van der Waals surface area contributed by atoms with Crippen molar-refractivity contribution in [2.24, 2.45) is 10.1 Å². The predicted molar refractivity (Wildman–Crippen MR) is 88.6 cm³/mol. The summed E-state index contributed by atoms with van der Waals surface area (Å²) in [6, 6.07) is 9.23. The van der Waals surface area contributed by atoms with Gasteiger partial charge in [-0.05, 0) is 52.3 Å². The molecular weight excluding hydrogens is 424 g/mol. The molecule has 0 unspecified atom stereocenters. The highest BCUT2D eigenvalue weighted by atomic mass is 79.9. The van der Waals surface area contributed by atoms with Crippen LogP contribution in [-0.2, 0) is 10.0 Å². The van der Waals surface area contributed by atoms with Gasteiger partial charge in [-0.25, -0.2) is 13.6 Å². The Balaban J connectivity index is 2.30. The predicted octanol–water partition coefficient (Wildman–Crippen LogP) is 3.32. The molecule has 0 aromatic heterocycles. The molecule has 2 rings (SSSR count). The minimum atomic E-state index is -3.71. The zero-order valence-corrected chi connectivity index (χ0v) is 14.5. The van der Waals surface area contributed by atoms with Crippen molar-refractivity contribution in [2.45, 2.75) is 4.90 Å². The van der Waals surface area contributed by atoms with Crippen LogP contribution in [0.25, 0.3) is 0 Å². The number of nitrogens with zero attached hydrogens (tertiary/aromatic N) is 1. The highest BCUT2D eigenvalue weighted by molar-refractivity contribution is 9.11. The molecule has 5 nitrogen and oxygen atoms in total. The van der Waals surface area contributed by atoms with Crippen molar-refractivity contribution in [1.29, 1.82) is 0 Å². The van der Waals surface area contributed by atoms with E-state index in [4.69, 9.17) is 5.14 Å². The van der Waals surface area contributed by atoms with Crippen molar-refractivity contribution in [3.63, 3.8) is 0 Å². The first-order valence-electron chi connectivity index (χ1n) is 5.62.